The maximum atomic E-state index is 13.2. The predicted molar refractivity (Wildman–Crippen MR) is 98.5 cm³/mol. The highest BCUT2D eigenvalue weighted by Crippen LogP contribution is 2.43. The van der Waals surface area contributed by atoms with Gasteiger partial charge in [-0.25, -0.2) is 9.67 Å². The zero-order valence-corrected chi connectivity index (χ0v) is 16.5. The Bertz CT molecular complexity index is 677. The summed E-state index contributed by atoms with van der Waals surface area (Å²) in [5.74, 6) is 1.65. The van der Waals surface area contributed by atoms with Crippen molar-refractivity contribution in [3.63, 3.8) is 0 Å². The Morgan fingerprint density at radius 3 is 2.46 bits per heavy atom. The summed E-state index contributed by atoms with van der Waals surface area (Å²) in [6.07, 6.45) is 6.54. The Labute approximate surface area is 155 Å². The molecule has 1 saturated heterocycles. The zero-order valence-electron chi connectivity index (χ0n) is 16.5. The lowest BCUT2D eigenvalue weighted by Crippen LogP contribution is -2.49. The van der Waals surface area contributed by atoms with Crippen LogP contribution in [0.2, 0.25) is 0 Å². The zero-order chi connectivity index (χ0) is 18.9. The first kappa shape index (κ1) is 18.9. The van der Waals surface area contributed by atoms with E-state index in [2.05, 4.69) is 15.0 Å². The van der Waals surface area contributed by atoms with Gasteiger partial charge in [-0.3, -0.25) is 9.59 Å². The van der Waals surface area contributed by atoms with Crippen molar-refractivity contribution < 1.29 is 9.59 Å². The van der Waals surface area contributed by atoms with Gasteiger partial charge in [-0.2, -0.15) is 5.10 Å². The van der Waals surface area contributed by atoms with Crippen LogP contribution < -0.4 is 0 Å². The SMILES string of the molecule is CCN(C(C)=O)[C@@H]1CN(C(=O)Cn2nc(C)nc2C)C2(CCCCC2)C1. The third kappa shape index (κ3) is 3.48. The summed E-state index contributed by atoms with van der Waals surface area (Å²) in [7, 11) is 0. The Kier molecular flexibility index (Phi) is 5.34. The standard InChI is InChI=1S/C19H31N5O2/c1-5-22(16(4)25)17-11-19(9-7-6-8-10-19)23(12-17)18(26)13-24-15(3)20-14(2)21-24/h17H,5-13H2,1-4H3/t17-/m0/s1. The Morgan fingerprint density at radius 2 is 1.92 bits per heavy atom. The van der Waals surface area contributed by atoms with Gasteiger partial charge in [0.2, 0.25) is 11.8 Å². The number of hydrogen-bond acceptors (Lipinski definition) is 4. The second kappa shape index (κ2) is 7.37. The van der Waals surface area contributed by atoms with E-state index in [-0.39, 0.29) is 29.9 Å². The summed E-state index contributed by atoms with van der Waals surface area (Å²) < 4.78 is 1.70. The first-order chi connectivity index (χ1) is 12.4. The average molecular weight is 361 g/mol. The molecule has 0 N–H and O–H groups in total. The number of rotatable bonds is 4. The van der Waals surface area contributed by atoms with E-state index >= 15 is 0 Å². The summed E-state index contributed by atoms with van der Waals surface area (Å²) in [4.78, 5) is 33.6. The van der Waals surface area contributed by atoms with Gasteiger partial charge in [0.1, 0.15) is 18.2 Å². The lowest BCUT2D eigenvalue weighted by molar-refractivity contribution is -0.138. The summed E-state index contributed by atoms with van der Waals surface area (Å²) in [5, 5.41) is 4.35. The number of hydrogen-bond donors (Lipinski definition) is 0. The van der Waals surface area contributed by atoms with E-state index in [0.717, 1.165) is 37.9 Å². The van der Waals surface area contributed by atoms with Gasteiger partial charge >= 0.3 is 0 Å². The molecule has 3 rings (SSSR count). The molecule has 1 atom stereocenters. The van der Waals surface area contributed by atoms with Gasteiger partial charge < -0.3 is 9.80 Å². The van der Waals surface area contributed by atoms with Gasteiger partial charge in [-0.1, -0.05) is 19.3 Å². The molecular weight excluding hydrogens is 330 g/mol. The largest absolute Gasteiger partial charge is 0.338 e. The van der Waals surface area contributed by atoms with Crippen LogP contribution in [0.25, 0.3) is 0 Å². The van der Waals surface area contributed by atoms with Crippen molar-refractivity contribution in [2.24, 2.45) is 0 Å². The van der Waals surface area contributed by atoms with E-state index in [9.17, 15) is 9.59 Å². The minimum Gasteiger partial charge on any atom is -0.338 e. The van der Waals surface area contributed by atoms with E-state index in [0.29, 0.717) is 18.9 Å². The van der Waals surface area contributed by atoms with Crippen molar-refractivity contribution in [3.8, 4) is 0 Å². The van der Waals surface area contributed by atoms with Crippen molar-refractivity contribution in [1.29, 1.82) is 0 Å². The van der Waals surface area contributed by atoms with Crippen LogP contribution in [-0.4, -0.2) is 61.0 Å². The Morgan fingerprint density at radius 1 is 1.23 bits per heavy atom. The molecule has 26 heavy (non-hydrogen) atoms. The molecule has 2 aliphatic rings. The number of aryl methyl sites for hydroxylation is 2. The number of nitrogens with zero attached hydrogens (tertiary/aromatic N) is 5. The minimum absolute atomic E-state index is 0.0909. The van der Waals surface area contributed by atoms with E-state index < -0.39 is 0 Å². The highest BCUT2D eigenvalue weighted by molar-refractivity contribution is 5.78. The molecular formula is C19H31N5O2. The number of amides is 2. The van der Waals surface area contributed by atoms with Crippen molar-refractivity contribution >= 4 is 11.8 Å². The molecule has 7 heteroatoms. The van der Waals surface area contributed by atoms with Crippen LogP contribution in [-0.2, 0) is 16.1 Å². The molecule has 2 fully saturated rings. The fraction of sp³-hybridized carbons (Fsp3) is 0.789. The Hall–Kier alpha value is -1.92. The fourth-order valence-corrected chi connectivity index (χ4v) is 4.94. The van der Waals surface area contributed by atoms with Crippen LogP contribution >= 0.6 is 0 Å². The topological polar surface area (TPSA) is 71.3 Å². The summed E-state index contributed by atoms with van der Waals surface area (Å²) in [6, 6.07) is 0.123. The van der Waals surface area contributed by atoms with Gasteiger partial charge in [-0.05, 0) is 40.0 Å². The molecule has 1 spiro atoms. The monoisotopic (exact) mass is 361 g/mol. The van der Waals surface area contributed by atoms with Crippen LogP contribution in [0.15, 0.2) is 0 Å². The van der Waals surface area contributed by atoms with Gasteiger partial charge in [0.15, 0.2) is 0 Å². The van der Waals surface area contributed by atoms with Crippen molar-refractivity contribution in [3.05, 3.63) is 11.6 Å². The van der Waals surface area contributed by atoms with Gasteiger partial charge in [-0.15, -0.1) is 0 Å². The quantitative estimate of drug-likeness (QED) is 0.823. The van der Waals surface area contributed by atoms with Crippen molar-refractivity contribution in [2.75, 3.05) is 13.1 Å². The smallest absolute Gasteiger partial charge is 0.244 e. The van der Waals surface area contributed by atoms with Crippen molar-refractivity contribution in [2.45, 2.75) is 84.3 Å². The molecule has 2 amide bonds. The van der Waals surface area contributed by atoms with E-state index in [1.807, 2.05) is 25.7 Å². The molecule has 1 aliphatic carbocycles. The number of carbonyl (C=O) groups excluding carboxylic acids is 2. The maximum Gasteiger partial charge on any atom is 0.244 e. The number of carbonyl (C=O) groups is 2. The van der Waals surface area contributed by atoms with E-state index in [1.165, 1.54) is 6.42 Å². The predicted octanol–water partition coefficient (Wildman–Crippen LogP) is 2.07. The van der Waals surface area contributed by atoms with Gasteiger partial charge in [0, 0.05) is 25.6 Å². The highest BCUT2D eigenvalue weighted by Gasteiger charge is 2.49. The Balaban J connectivity index is 1.83. The van der Waals surface area contributed by atoms with Crippen LogP contribution in [0, 0.1) is 13.8 Å². The molecule has 7 nitrogen and oxygen atoms in total. The second-order valence-electron chi connectivity index (χ2n) is 7.82. The average Bonchev–Trinajstić information content (AvgIpc) is 3.09. The summed E-state index contributed by atoms with van der Waals surface area (Å²) >= 11 is 0. The molecule has 0 unspecified atom stereocenters. The maximum absolute atomic E-state index is 13.2. The third-order valence-electron chi connectivity index (χ3n) is 6.10. The summed E-state index contributed by atoms with van der Waals surface area (Å²) in [5.41, 5.74) is -0.0909. The molecule has 0 aromatic carbocycles. The highest BCUT2D eigenvalue weighted by atomic mass is 16.2. The minimum atomic E-state index is -0.0909. The van der Waals surface area contributed by atoms with Crippen LogP contribution in [0.4, 0.5) is 0 Å². The van der Waals surface area contributed by atoms with E-state index in [1.54, 1.807) is 11.6 Å². The molecule has 1 aromatic heterocycles. The second-order valence-corrected chi connectivity index (χ2v) is 7.82. The van der Waals surface area contributed by atoms with E-state index in [4.69, 9.17) is 0 Å². The lowest BCUT2D eigenvalue weighted by Gasteiger charge is -2.41. The first-order valence-electron chi connectivity index (χ1n) is 9.82. The van der Waals surface area contributed by atoms with Crippen molar-refractivity contribution in [1.82, 2.24) is 24.6 Å². The first-order valence-corrected chi connectivity index (χ1v) is 9.82. The molecule has 0 bridgehead atoms. The van der Waals surface area contributed by atoms with Gasteiger partial charge in [0.05, 0.1) is 6.04 Å². The molecule has 1 aliphatic heterocycles. The third-order valence-corrected chi connectivity index (χ3v) is 6.10. The fourth-order valence-electron chi connectivity index (χ4n) is 4.94. The summed E-state index contributed by atoms with van der Waals surface area (Å²) in [6.45, 7) is 8.93. The van der Waals surface area contributed by atoms with Crippen LogP contribution in [0.5, 0.6) is 0 Å². The molecule has 0 radical (unpaired) electrons. The normalized spacial score (nSPS) is 22.0. The molecule has 1 saturated carbocycles. The van der Waals surface area contributed by atoms with Crippen LogP contribution in [0.3, 0.4) is 0 Å². The number of likely N-dealkylation sites (N-methyl/N-ethyl adjacent to an activating group) is 1. The molecule has 1 aromatic rings. The van der Waals surface area contributed by atoms with Crippen LogP contribution in [0.1, 0.15) is 64.0 Å². The van der Waals surface area contributed by atoms with Gasteiger partial charge in [0.25, 0.3) is 0 Å². The molecule has 144 valence electrons. The molecule has 2 heterocycles. The lowest BCUT2D eigenvalue weighted by atomic mass is 9.79. The number of aromatic nitrogens is 3. The number of likely N-dealkylation sites (tertiary alicyclic amines) is 1.